The molecule has 1 amide bonds. The Bertz CT molecular complexity index is 597. The van der Waals surface area contributed by atoms with Crippen LogP contribution < -0.4 is 10.1 Å². The van der Waals surface area contributed by atoms with Crippen LogP contribution in [0.5, 0.6) is 5.88 Å². The number of ether oxygens (including phenoxy) is 1. The van der Waals surface area contributed by atoms with Crippen LogP contribution in [0.15, 0.2) is 12.3 Å². The summed E-state index contributed by atoms with van der Waals surface area (Å²) in [5, 5.41) is 11.8. The molecule has 2 aliphatic carbocycles. The van der Waals surface area contributed by atoms with Gasteiger partial charge in [0.2, 0.25) is 5.88 Å². The van der Waals surface area contributed by atoms with E-state index in [1.165, 1.54) is 12.3 Å². The van der Waals surface area contributed by atoms with Crippen LogP contribution in [0.25, 0.3) is 0 Å². The Morgan fingerprint density at radius 2 is 2.19 bits per heavy atom. The maximum absolute atomic E-state index is 12.0. The molecule has 7 heteroatoms. The fourth-order valence-corrected chi connectivity index (χ4v) is 2.16. The number of aliphatic carboxylic acids is 1. The fourth-order valence-electron chi connectivity index (χ4n) is 1.94. The minimum Gasteiger partial charge on any atom is -0.480 e. The van der Waals surface area contributed by atoms with E-state index in [1.54, 1.807) is 0 Å². The number of pyridine rings is 1. The quantitative estimate of drug-likeness (QED) is 0.837. The minimum atomic E-state index is -1.12. The zero-order valence-corrected chi connectivity index (χ0v) is 12.0. The number of halogens is 1. The number of hydrogen-bond donors (Lipinski definition) is 2. The Kier molecular flexibility index (Phi) is 3.49. The molecule has 2 saturated carbocycles. The molecule has 1 aromatic heterocycles. The summed E-state index contributed by atoms with van der Waals surface area (Å²) < 4.78 is 5.48. The topological polar surface area (TPSA) is 88.5 Å². The highest BCUT2D eigenvalue weighted by molar-refractivity contribution is 6.32. The highest BCUT2D eigenvalue weighted by Crippen LogP contribution is 2.36. The van der Waals surface area contributed by atoms with Gasteiger partial charge in [-0.3, -0.25) is 4.79 Å². The zero-order chi connectivity index (χ0) is 15.0. The fraction of sp³-hybridized carbons (Fsp3) is 0.500. The van der Waals surface area contributed by atoms with Crippen LogP contribution in [-0.4, -0.2) is 34.1 Å². The van der Waals surface area contributed by atoms with Crippen molar-refractivity contribution in [2.45, 2.75) is 31.2 Å². The monoisotopic (exact) mass is 310 g/mol. The van der Waals surface area contributed by atoms with Crippen LogP contribution >= 0.6 is 11.6 Å². The van der Waals surface area contributed by atoms with Crippen LogP contribution in [0, 0.1) is 5.92 Å². The van der Waals surface area contributed by atoms with Crippen molar-refractivity contribution in [3.8, 4) is 5.88 Å². The number of nitrogens with one attached hydrogen (secondary N) is 1. The van der Waals surface area contributed by atoms with Crippen LogP contribution in [0.4, 0.5) is 0 Å². The molecule has 0 radical (unpaired) electrons. The van der Waals surface area contributed by atoms with Gasteiger partial charge in [-0.2, -0.15) is 0 Å². The van der Waals surface area contributed by atoms with Crippen LogP contribution in [0.1, 0.15) is 36.0 Å². The molecule has 0 bridgehead atoms. The summed E-state index contributed by atoms with van der Waals surface area (Å²) in [5.41, 5.74) is -0.892. The molecule has 0 aromatic carbocycles. The van der Waals surface area contributed by atoms with E-state index in [4.69, 9.17) is 21.4 Å². The number of carbonyl (C=O) groups excluding carboxylic acids is 1. The second-order valence-electron chi connectivity index (χ2n) is 5.61. The Hall–Kier alpha value is -1.82. The van der Waals surface area contributed by atoms with E-state index in [9.17, 15) is 9.59 Å². The Morgan fingerprint density at radius 3 is 2.71 bits per heavy atom. The van der Waals surface area contributed by atoms with E-state index in [2.05, 4.69) is 10.3 Å². The summed E-state index contributed by atoms with van der Waals surface area (Å²) in [4.78, 5) is 27.1. The average molecular weight is 311 g/mol. The third-order valence-electron chi connectivity index (χ3n) is 3.73. The molecule has 0 aliphatic heterocycles. The molecular formula is C14H15ClN2O4. The molecule has 2 fully saturated rings. The van der Waals surface area contributed by atoms with E-state index in [0.717, 1.165) is 12.8 Å². The first-order valence-electron chi connectivity index (χ1n) is 6.84. The molecule has 2 N–H and O–H groups in total. The lowest BCUT2D eigenvalue weighted by Crippen LogP contribution is -2.43. The number of amides is 1. The van der Waals surface area contributed by atoms with Crippen LogP contribution in [-0.2, 0) is 4.79 Å². The number of nitrogens with zero attached hydrogens (tertiary/aromatic N) is 1. The van der Waals surface area contributed by atoms with Crippen LogP contribution in [0.3, 0.4) is 0 Å². The lowest BCUT2D eigenvalue weighted by atomic mass is 10.2. The van der Waals surface area contributed by atoms with E-state index >= 15 is 0 Å². The highest BCUT2D eigenvalue weighted by Gasteiger charge is 2.51. The lowest BCUT2D eigenvalue weighted by molar-refractivity contribution is -0.140. The zero-order valence-electron chi connectivity index (χ0n) is 11.3. The van der Waals surface area contributed by atoms with Crippen molar-refractivity contribution in [1.29, 1.82) is 0 Å². The minimum absolute atomic E-state index is 0.228. The Labute approximate surface area is 126 Å². The Balaban J connectivity index is 1.66. The first kappa shape index (κ1) is 14.1. The lowest BCUT2D eigenvalue weighted by Gasteiger charge is -2.13. The van der Waals surface area contributed by atoms with Gasteiger partial charge in [0.1, 0.15) is 10.6 Å². The molecule has 3 rings (SSSR count). The second kappa shape index (κ2) is 5.18. The molecule has 2 aliphatic rings. The summed E-state index contributed by atoms with van der Waals surface area (Å²) in [7, 11) is 0. The van der Waals surface area contributed by atoms with Gasteiger partial charge in [-0.25, -0.2) is 9.78 Å². The predicted molar refractivity (Wildman–Crippen MR) is 74.5 cm³/mol. The number of aromatic nitrogens is 1. The smallest absolute Gasteiger partial charge is 0.329 e. The molecule has 0 unspecified atom stereocenters. The van der Waals surface area contributed by atoms with Crippen molar-refractivity contribution in [2.24, 2.45) is 5.92 Å². The van der Waals surface area contributed by atoms with Gasteiger partial charge in [0.25, 0.3) is 5.91 Å². The molecule has 0 saturated heterocycles. The number of hydrogen-bond acceptors (Lipinski definition) is 4. The van der Waals surface area contributed by atoms with E-state index in [0.29, 0.717) is 31.2 Å². The third kappa shape index (κ3) is 3.10. The maximum atomic E-state index is 12.0. The van der Waals surface area contributed by atoms with Gasteiger partial charge in [-0.15, -0.1) is 0 Å². The Morgan fingerprint density at radius 1 is 1.48 bits per heavy atom. The molecular weight excluding hydrogens is 296 g/mol. The summed E-state index contributed by atoms with van der Waals surface area (Å²) in [6.07, 6.45) is 4.56. The van der Waals surface area contributed by atoms with Crippen molar-refractivity contribution in [1.82, 2.24) is 10.3 Å². The van der Waals surface area contributed by atoms with Gasteiger partial charge in [-0.1, -0.05) is 11.6 Å². The summed E-state index contributed by atoms with van der Waals surface area (Å²) in [6, 6.07) is 1.45. The van der Waals surface area contributed by atoms with Gasteiger partial charge in [0.05, 0.1) is 12.2 Å². The highest BCUT2D eigenvalue weighted by atomic mass is 35.5. The predicted octanol–water partition coefficient (Wildman–Crippen LogP) is 1.87. The molecule has 6 nitrogen and oxygen atoms in total. The number of carbonyl (C=O) groups is 2. The van der Waals surface area contributed by atoms with Crippen molar-refractivity contribution in [3.63, 3.8) is 0 Å². The largest absolute Gasteiger partial charge is 0.480 e. The molecule has 0 spiro atoms. The normalized spacial score (nSPS) is 18.9. The summed E-state index contributed by atoms with van der Waals surface area (Å²) in [5.74, 6) is -0.618. The number of rotatable bonds is 6. The number of carboxylic acid groups (broad SMARTS) is 1. The first-order valence-corrected chi connectivity index (χ1v) is 7.22. The second-order valence-corrected chi connectivity index (χ2v) is 6.01. The van der Waals surface area contributed by atoms with E-state index in [-0.39, 0.29) is 10.6 Å². The molecule has 1 heterocycles. The van der Waals surface area contributed by atoms with Crippen molar-refractivity contribution in [3.05, 3.63) is 22.8 Å². The third-order valence-corrected chi connectivity index (χ3v) is 4.01. The average Bonchev–Trinajstić information content (AvgIpc) is 3.32. The van der Waals surface area contributed by atoms with E-state index in [1.807, 2.05) is 0 Å². The van der Waals surface area contributed by atoms with E-state index < -0.39 is 17.4 Å². The van der Waals surface area contributed by atoms with Gasteiger partial charge >= 0.3 is 5.97 Å². The SMILES string of the molecule is O=C(NC1(C(=O)O)CC1)c1cnc(OCC2CC2)c(Cl)c1. The van der Waals surface area contributed by atoms with Crippen LogP contribution in [0.2, 0.25) is 5.02 Å². The summed E-state index contributed by atoms with van der Waals surface area (Å²) in [6.45, 7) is 0.584. The number of carboxylic acids is 1. The van der Waals surface area contributed by atoms with Gasteiger partial charge in [0, 0.05) is 6.20 Å². The van der Waals surface area contributed by atoms with Crippen molar-refractivity contribution in [2.75, 3.05) is 6.61 Å². The molecule has 21 heavy (non-hydrogen) atoms. The van der Waals surface area contributed by atoms with Crippen molar-refractivity contribution >= 4 is 23.5 Å². The van der Waals surface area contributed by atoms with Crippen molar-refractivity contribution < 1.29 is 19.4 Å². The first-order chi connectivity index (χ1) is 10.00. The molecule has 0 atom stereocenters. The van der Waals surface area contributed by atoms with Gasteiger partial charge < -0.3 is 15.2 Å². The molecule has 112 valence electrons. The molecule has 1 aromatic rings. The van der Waals surface area contributed by atoms with Gasteiger partial charge in [-0.05, 0) is 37.7 Å². The van der Waals surface area contributed by atoms with Gasteiger partial charge in [0.15, 0.2) is 0 Å². The maximum Gasteiger partial charge on any atom is 0.329 e. The standard InChI is InChI=1S/C14H15ClN2O4/c15-10-5-9(6-16-12(10)21-7-8-1-2-8)11(18)17-14(3-4-14)13(19)20/h5-6,8H,1-4,7H2,(H,17,18)(H,19,20). The summed E-state index contributed by atoms with van der Waals surface area (Å²) >= 11 is 6.04.